The first-order valence-electron chi connectivity index (χ1n) is 7.85. The fraction of sp³-hybridized carbons (Fsp3) is 0.562. The smallest absolute Gasteiger partial charge is 0.238 e. The number of nitrogens with zero attached hydrogens (tertiary/aromatic N) is 1. The molecule has 2 N–H and O–H groups in total. The molecule has 0 aromatic heterocycles. The van der Waals surface area contributed by atoms with E-state index >= 15 is 0 Å². The van der Waals surface area contributed by atoms with Gasteiger partial charge in [0.2, 0.25) is 5.91 Å². The van der Waals surface area contributed by atoms with Crippen molar-refractivity contribution in [3.63, 3.8) is 0 Å². The summed E-state index contributed by atoms with van der Waals surface area (Å²) in [5.74, 6) is 1.35. The fourth-order valence-electron chi connectivity index (χ4n) is 2.40. The van der Waals surface area contributed by atoms with Crippen LogP contribution in [-0.4, -0.2) is 56.7 Å². The van der Waals surface area contributed by atoms with E-state index in [1.165, 1.54) is 0 Å². The molecule has 6 heteroatoms. The zero-order valence-corrected chi connectivity index (χ0v) is 13.4. The Morgan fingerprint density at radius 1 is 1.18 bits per heavy atom. The van der Waals surface area contributed by atoms with E-state index in [2.05, 4.69) is 15.5 Å². The monoisotopic (exact) mass is 307 g/mol. The van der Waals surface area contributed by atoms with Crippen molar-refractivity contribution in [2.45, 2.75) is 13.8 Å². The number of hydrogen-bond acceptors (Lipinski definition) is 5. The van der Waals surface area contributed by atoms with Gasteiger partial charge in [0.05, 0.1) is 19.8 Å². The number of carbonyl (C=O) groups excluding carboxylic acids is 1. The van der Waals surface area contributed by atoms with Crippen molar-refractivity contribution in [3.05, 3.63) is 18.2 Å². The number of piperazine rings is 1. The predicted molar refractivity (Wildman–Crippen MR) is 86.7 cm³/mol. The highest BCUT2D eigenvalue weighted by molar-refractivity contribution is 5.92. The van der Waals surface area contributed by atoms with Gasteiger partial charge in [-0.25, -0.2) is 0 Å². The van der Waals surface area contributed by atoms with E-state index in [1.807, 2.05) is 32.0 Å². The van der Waals surface area contributed by atoms with Crippen molar-refractivity contribution in [1.82, 2.24) is 10.2 Å². The van der Waals surface area contributed by atoms with Gasteiger partial charge in [0.25, 0.3) is 0 Å². The van der Waals surface area contributed by atoms with Crippen LogP contribution in [0.4, 0.5) is 5.69 Å². The number of ether oxygens (including phenoxy) is 2. The topological polar surface area (TPSA) is 62.8 Å². The van der Waals surface area contributed by atoms with Crippen LogP contribution in [-0.2, 0) is 4.79 Å². The van der Waals surface area contributed by atoms with Gasteiger partial charge in [0.15, 0.2) is 11.5 Å². The summed E-state index contributed by atoms with van der Waals surface area (Å²) in [4.78, 5) is 14.3. The molecule has 122 valence electrons. The maximum Gasteiger partial charge on any atom is 0.238 e. The van der Waals surface area contributed by atoms with Crippen LogP contribution in [0, 0.1) is 0 Å². The van der Waals surface area contributed by atoms with E-state index < -0.39 is 0 Å². The lowest BCUT2D eigenvalue weighted by atomic mass is 10.2. The highest BCUT2D eigenvalue weighted by Gasteiger charge is 2.14. The molecule has 0 unspecified atom stereocenters. The van der Waals surface area contributed by atoms with E-state index in [4.69, 9.17) is 9.47 Å². The lowest BCUT2D eigenvalue weighted by molar-refractivity contribution is -0.117. The van der Waals surface area contributed by atoms with Crippen LogP contribution in [0.25, 0.3) is 0 Å². The van der Waals surface area contributed by atoms with Crippen LogP contribution in [0.2, 0.25) is 0 Å². The van der Waals surface area contributed by atoms with Gasteiger partial charge in [-0.3, -0.25) is 9.69 Å². The minimum Gasteiger partial charge on any atom is -0.490 e. The van der Waals surface area contributed by atoms with E-state index in [0.717, 1.165) is 31.9 Å². The van der Waals surface area contributed by atoms with Gasteiger partial charge in [0, 0.05) is 37.9 Å². The molecule has 0 atom stereocenters. The number of benzene rings is 1. The van der Waals surface area contributed by atoms with Crippen LogP contribution in [0.3, 0.4) is 0 Å². The summed E-state index contributed by atoms with van der Waals surface area (Å²) in [6.07, 6.45) is 0. The second-order valence-electron chi connectivity index (χ2n) is 5.10. The molecule has 0 bridgehead atoms. The summed E-state index contributed by atoms with van der Waals surface area (Å²) in [6, 6.07) is 5.47. The predicted octanol–water partition coefficient (Wildman–Crippen LogP) is 1.33. The van der Waals surface area contributed by atoms with Gasteiger partial charge in [0.1, 0.15) is 0 Å². The average Bonchev–Trinajstić information content (AvgIpc) is 2.51. The zero-order chi connectivity index (χ0) is 15.8. The van der Waals surface area contributed by atoms with Gasteiger partial charge >= 0.3 is 0 Å². The summed E-state index contributed by atoms with van der Waals surface area (Å²) < 4.78 is 11.1. The molecule has 1 saturated heterocycles. The Morgan fingerprint density at radius 3 is 2.55 bits per heavy atom. The average molecular weight is 307 g/mol. The van der Waals surface area contributed by atoms with E-state index in [1.54, 1.807) is 0 Å². The minimum atomic E-state index is -0.00601. The van der Waals surface area contributed by atoms with Crippen LogP contribution in [0.5, 0.6) is 11.5 Å². The van der Waals surface area contributed by atoms with E-state index in [9.17, 15) is 4.79 Å². The maximum atomic E-state index is 12.1. The third-order valence-corrected chi connectivity index (χ3v) is 3.40. The van der Waals surface area contributed by atoms with Crippen molar-refractivity contribution in [2.75, 3.05) is 51.3 Å². The third-order valence-electron chi connectivity index (χ3n) is 3.40. The first-order chi connectivity index (χ1) is 10.7. The first kappa shape index (κ1) is 16.6. The second-order valence-corrected chi connectivity index (χ2v) is 5.10. The fourth-order valence-corrected chi connectivity index (χ4v) is 2.40. The molecule has 0 aliphatic carbocycles. The molecule has 0 radical (unpaired) electrons. The van der Waals surface area contributed by atoms with Crippen molar-refractivity contribution in [1.29, 1.82) is 0 Å². The summed E-state index contributed by atoms with van der Waals surface area (Å²) in [7, 11) is 0. The molecule has 1 fully saturated rings. The Kier molecular flexibility index (Phi) is 6.48. The Hall–Kier alpha value is -1.79. The zero-order valence-electron chi connectivity index (χ0n) is 13.4. The molecule has 2 rings (SSSR count). The van der Waals surface area contributed by atoms with Gasteiger partial charge in [-0.1, -0.05) is 0 Å². The van der Waals surface area contributed by atoms with E-state index in [-0.39, 0.29) is 5.91 Å². The molecule has 1 amide bonds. The van der Waals surface area contributed by atoms with Gasteiger partial charge < -0.3 is 20.1 Å². The Bertz CT molecular complexity index is 488. The summed E-state index contributed by atoms with van der Waals surface area (Å²) in [6.45, 7) is 9.08. The molecule has 1 heterocycles. The molecule has 0 saturated carbocycles. The lowest BCUT2D eigenvalue weighted by Crippen LogP contribution is -2.46. The van der Waals surface area contributed by atoms with Crippen molar-refractivity contribution < 1.29 is 14.3 Å². The highest BCUT2D eigenvalue weighted by Crippen LogP contribution is 2.30. The summed E-state index contributed by atoms with van der Waals surface area (Å²) in [5, 5.41) is 6.19. The molecule has 22 heavy (non-hydrogen) atoms. The Morgan fingerprint density at radius 2 is 1.86 bits per heavy atom. The first-order valence-corrected chi connectivity index (χ1v) is 7.85. The number of carbonyl (C=O) groups is 1. The quantitative estimate of drug-likeness (QED) is 0.796. The highest BCUT2D eigenvalue weighted by atomic mass is 16.5. The normalized spacial score (nSPS) is 15.4. The molecule has 1 aliphatic heterocycles. The van der Waals surface area contributed by atoms with E-state index in [0.29, 0.717) is 31.3 Å². The molecule has 0 spiro atoms. The Labute approximate surface area is 131 Å². The number of anilines is 1. The van der Waals surface area contributed by atoms with Crippen molar-refractivity contribution in [3.8, 4) is 11.5 Å². The summed E-state index contributed by atoms with van der Waals surface area (Å²) in [5.41, 5.74) is 0.729. The van der Waals surface area contributed by atoms with Gasteiger partial charge in [-0.05, 0) is 26.0 Å². The van der Waals surface area contributed by atoms with Crippen molar-refractivity contribution in [2.24, 2.45) is 0 Å². The van der Waals surface area contributed by atoms with Crippen LogP contribution < -0.4 is 20.1 Å². The largest absolute Gasteiger partial charge is 0.490 e. The minimum absolute atomic E-state index is 0.00601. The van der Waals surface area contributed by atoms with Crippen LogP contribution in [0.1, 0.15) is 13.8 Å². The van der Waals surface area contributed by atoms with Gasteiger partial charge in [-0.2, -0.15) is 0 Å². The number of nitrogens with one attached hydrogen (secondary N) is 2. The molecular formula is C16H25N3O3. The summed E-state index contributed by atoms with van der Waals surface area (Å²) >= 11 is 0. The number of amides is 1. The standard InChI is InChI=1S/C16H25N3O3/c1-3-21-14-6-5-13(11-15(14)22-4-2)18-16(20)12-19-9-7-17-8-10-19/h5-6,11,17H,3-4,7-10,12H2,1-2H3,(H,18,20). The Balaban J connectivity index is 1.95. The van der Waals surface area contributed by atoms with Crippen LogP contribution >= 0.6 is 0 Å². The second kappa shape index (κ2) is 8.60. The van der Waals surface area contributed by atoms with Crippen LogP contribution in [0.15, 0.2) is 18.2 Å². The third kappa shape index (κ3) is 4.89. The maximum absolute atomic E-state index is 12.1. The SMILES string of the molecule is CCOc1ccc(NC(=O)CN2CCNCC2)cc1OCC. The molecule has 6 nitrogen and oxygen atoms in total. The molecule has 1 aromatic rings. The number of rotatable bonds is 7. The molecule has 1 aliphatic rings. The molecule has 1 aromatic carbocycles. The molecular weight excluding hydrogens is 282 g/mol. The number of hydrogen-bond donors (Lipinski definition) is 2. The lowest BCUT2D eigenvalue weighted by Gasteiger charge is -2.26. The van der Waals surface area contributed by atoms with Gasteiger partial charge in [-0.15, -0.1) is 0 Å². The van der Waals surface area contributed by atoms with Crippen molar-refractivity contribution >= 4 is 11.6 Å².